The standard InChI is InChI=1S/C19H20ClN3O3S2/c20-17-5-3-14(4-6-17)13-28(24,25)23-8-1-2-15(11-23)10-18-21-19(22-26-18)16-7-9-27-12-16/h3-7,9,12,15H,1-2,8,10-11,13H2/t15-/m0/s1. The molecule has 0 saturated carbocycles. The second-order valence-corrected chi connectivity index (χ2v) is 10.2. The molecule has 148 valence electrons. The highest BCUT2D eigenvalue weighted by Gasteiger charge is 2.30. The normalized spacial score (nSPS) is 18.4. The monoisotopic (exact) mass is 437 g/mol. The van der Waals surface area contributed by atoms with Crippen molar-refractivity contribution in [1.29, 1.82) is 0 Å². The fourth-order valence-corrected chi connectivity index (χ4v) is 5.82. The number of sulfonamides is 1. The van der Waals surface area contributed by atoms with Gasteiger partial charge in [-0.25, -0.2) is 12.7 Å². The maximum atomic E-state index is 12.8. The Morgan fingerprint density at radius 2 is 2.07 bits per heavy atom. The number of aromatic nitrogens is 2. The fraction of sp³-hybridized carbons (Fsp3) is 0.368. The lowest BCUT2D eigenvalue weighted by atomic mass is 9.96. The molecule has 28 heavy (non-hydrogen) atoms. The quantitative estimate of drug-likeness (QED) is 0.576. The summed E-state index contributed by atoms with van der Waals surface area (Å²) in [4.78, 5) is 4.46. The number of piperidine rings is 1. The Morgan fingerprint density at radius 3 is 2.82 bits per heavy atom. The van der Waals surface area contributed by atoms with Crippen LogP contribution in [-0.2, 0) is 22.2 Å². The van der Waals surface area contributed by atoms with E-state index >= 15 is 0 Å². The van der Waals surface area contributed by atoms with Crippen molar-refractivity contribution >= 4 is 33.0 Å². The van der Waals surface area contributed by atoms with Crippen molar-refractivity contribution in [2.75, 3.05) is 13.1 Å². The van der Waals surface area contributed by atoms with Crippen molar-refractivity contribution in [2.45, 2.75) is 25.0 Å². The molecule has 3 heterocycles. The van der Waals surface area contributed by atoms with Gasteiger partial charge >= 0.3 is 0 Å². The van der Waals surface area contributed by atoms with E-state index in [1.54, 1.807) is 39.9 Å². The Bertz CT molecular complexity index is 1020. The van der Waals surface area contributed by atoms with E-state index in [4.69, 9.17) is 16.1 Å². The molecular formula is C19H20ClN3O3S2. The SMILES string of the molecule is O=S(=O)(Cc1ccc(Cl)cc1)N1CCC[C@@H](Cc2nc(-c3ccsc3)no2)C1. The van der Waals surface area contributed by atoms with Crippen molar-refractivity contribution < 1.29 is 12.9 Å². The van der Waals surface area contributed by atoms with Crippen LogP contribution in [0.4, 0.5) is 0 Å². The second-order valence-electron chi connectivity index (χ2n) is 6.98. The Morgan fingerprint density at radius 1 is 1.25 bits per heavy atom. The number of benzene rings is 1. The summed E-state index contributed by atoms with van der Waals surface area (Å²) in [6.45, 7) is 1.03. The van der Waals surface area contributed by atoms with Crippen LogP contribution in [0, 0.1) is 5.92 Å². The van der Waals surface area contributed by atoms with Gasteiger partial charge in [0.1, 0.15) is 0 Å². The highest BCUT2D eigenvalue weighted by molar-refractivity contribution is 7.88. The molecule has 1 aromatic carbocycles. The van der Waals surface area contributed by atoms with E-state index < -0.39 is 10.0 Å². The van der Waals surface area contributed by atoms with Crippen LogP contribution < -0.4 is 0 Å². The van der Waals surface area contributed by atoms with E-state index in [2.05, 4.69) is 10.1 Å². The van der Waals surface area contributed by atoms with E-state index in [1.807, 2.05) is 16.8 Å². The van der Waals surface area contributed by atoms with Gasteiger partial charge in [-0.05, 0) is 47.9 Å². The molecule has 9 heteroatoms. The average molecular weight is 438 g/mol. The third kappa shape index (κ3) is 4.63. The number of nitrogens with zero attached hydrogens (tertiary/aromatic N) is 3. The molecule has 0 amide bonds. The van der Waals surface area contributed by atoms with Crippen LogP contribution in [0.25, 0.3) is 11.4 Å². The summed E-state index contributed by atoms with van der Waals surface area (Å²) in [6, 6.07) is 8.89. The number of hydrogen-bond donors (Lipinski definition) is 0. The molecule has 1 aliphatic heterocycles. The maximum absolute atomic E-state index is 12.8. The zero-order valence-electron chi connectivity index (χ0n) is 15.1. The van der Waals surface area contributed by atoms with E-state index in [1.165, 1.54) is 0 Å². The van der Waals surface area contributed by atoms with Crippen molar-refractivity contribution in [3.8, 4) is 11.4 Å². The Kier molecular flexibility index (Phi) is 5.82. The maximum Gasteiger partial charge on any atom is 0.227 e. The first-order valence-electron chi connectivity index (χ1n) is 9.07. The average Bonchev–Trinajstić information content (AvgIpc) is 3.35. The summed E-state index contributed by atoms with van der Waals surface area (Å²) >= 11 is 7.46. The molecule has 1 aliphatic rings. The van der Waals surface area contributed by atoms with Crippen LogP contribution in [0.15, 0.2) is 45.6 Å². The molecular weight excluding hydrogens is 418 g/mol. The van der Waals surface area contributed by atoms with Crippen LogP contribution in [0.5, 0.6) is 0 Å². The summed E-state index contributed by atoms with van der Waals surface area (Å²) in [6.07, 6.45) is 2.36. The lowest BCUT2D eigenvalue weighted by Gasteiger charge is -2.31. The number of hydrogen-bond acceptors (Lipinski definition) is 6. The van der Waals surface area contributed by atoms with Gasteiger partial charge in [-0.3, -0.25) is 0 Å². The molecule has 1 atom stereocenters. The zero-order chi connectivity index (χ0) is 19.6. The first-order chi connectivity index (χ1) is 13.5. The third-order valence-corrected chi connectivity index (χ3v) is 7.60. The van der Waals surface area contributed by atoms with E-state index in [9.17, 15) is 8.42 Å². The first-order valence-corrected chi connectivity index (χ1v) is 12.0. The van der Waals surface area contributed by atoms with Gasteiger partial charge in [0.25, 0.3) is 0 Å². The predicted molar refractivity (Wildman–Crippen MR) is 110 cm³/mol. The molecule has 2 aromatic heterocycles. The largest absolute Gasteiger partial charge is 0.339 e. The van der Waals surface area contributed by atoms with Crippen LogP contribution in [0.3, 0.4) is 0 Å². The van der Waals surface area contributed by atoms with E-state index in [0.717, 1.165) is 24.0 Å². The number of rotatable bonds is 6. The topological polar surface area (TPSA) is 76.3 Å². The lowest BCUT2D eigenvalue weighted by Crippen LogP contribution is -2.41. The van der Waals surface area contributed by atoms with E-state index in [-0.39, 0.29) is 11.7 Å². The molecule has 1 fully saturated rings. The summed E-state index contributed by atoms with van der Waals surface area (Å²) < 4.78 is 32.7. The third-order valence-electron chi connectivity index (χ3n) is 4.85. The molecule has 4 rings (SSSR count). The van der Waals surface area contributed by atoms with Gasteiger partial charge in [0.05, 0.1) is 5.75 Å². The summed E-state index contributed by atoms with van der Waals surface area (Å²) in [5.74, 6) is 1.30. The molecule has 0 unspecified atom stereocenters. The molecule has 0 spiro atoms. The zero-order valence-corrected chi connectivity index (χ0v) is 17.5. The summed E-state index contributed by atoms with van der Waals surface area (Å²) in [7, 11) is -3.38. The minimum Gasteiger partial charge on any atom is -0.339 e. The van der Waals surface area contributed by atoms with Crippen LogP contribution >= 0.6 is 22.9 Å². The van der Waals surface area contributed by atoms with Crippen LogP contribution in [-0.4, -0.2) is 36.0 Å². The highest BCUT2D eigenvalue weighted by Crippen LogP contribution is 2.25. The predicted octanol–water partition coefficient (Wildman–Crippen LogP) is 4.24. The van der Waals surface area contributed by atoms with Crippen LogP contribution in [0.1, 0.15) is 24.3 Å². The van der Waals surface area contributed by atoms with Crippen molar-refractivity contribution in [1.82, 2.24) is 14.4 Å². The fourth-order valence-electron chi connectivity index (χ4n) is 3.42. The van der Waals surface area contributed by atoms with Crippen LogP contribution in [0.2, 0.25) is 5.02 Å². The van der Waals surface area contributed by atoms with Crippen molar-refractivity contribution in [3.63, 3.8) is 0 Å². The Balaban J connectivity index is 1.40. The van der Waals surface area contributed by atoms with Gasteiger partial charge in [0, 0.05) is 35.5 Å². The van der Waals surface area contributed by atoms with Gasteiger partial charge in [0.15, 0.2) is 0 Å². The molecule has 0 aliphatic carbocycles. The van der Waals surface area contributed by atoms with E-state index in [0.29, 0.717) is 36.2 Å². The van der Waals surface area contributed by atoms with Gasteiger partial charge in [0.2, 0.25) is 21.7 Å². The minimum atomic E-state index is -3.38. The van der Waals surface area contributed by atoms with Gasteiger partial charge < -0.3 is 4.52 Å². The minimum absolute atomic E-state index is 0.0141. The summed E-state index contributed by atoms with van der Waals surface area (Å²) in [5, 5.41) is 8.57. The Labute approximate surface area is 173 Å². The lowest BCUT2D eigenvalue weighted by molar-refractivity contribution is 0.247. The van der Waals surface area contributed by atoms with Crippen molar-refractivity contribution in [2.24, 2.45) is 5.92 Å². The Hall–Kier alpha value is -1.74. The van der Waals surface area contributed by atoms with Gasteiger partial charge in [-0.2, -0.15) is 16.3 Å². The molecule has 0 radical (unpaired) electrons. The first kappa shape index (κ1) is 19.6. The number of halogens is 1. The highest BCUT2D eigenvalue weighted by atomic mass is 35.5. The van der Waals surface area contributed by atoms with Gasteiger partial charge in [-0.1, -0.05) is 28.9 Å². The van der Waals surface area contributed by atoms with Gasteiger partial charge in [-0.15, -0.1) is 0 Å². The molecule has 3 aromatic rings. The number of thiophene rings is 1. The molecule has 0 bridgehead atoms. The molecule has 6 nitrogen and oxygen atoms in total. The second kappa shape index (κ2) is 8.32. The smallest absolute Gasteiger partial charge is 0.227 e. The van der Waals surface area contributed by atoms with Crippen molar-refractivity contribution in [3.05, 3.63) is 57.6 Å². The molecule has 0 N–H and O–H groups in total. The molecule has 1 saturated heterocycles. The summed E-state index contributed by atoms with van der Waals surface area (Å²) in [5.41, 5.74) is 1.68.